The largest absolute Gasteiger partial charge is 0.494 e. The van der Waals surface area contributed by atoms with Gasteiger partial charge in [-0.2, -0.15) is 4.31 Å². The fourth-order valence-corrected chi connectivity index (χ4v) is 5.65. The lowest BCUT2D eigenvalue weighted by Crippen LogP contribution is -2.43. The Morgan fingerprint density at radius 1 is 1.03 bits per heavy atom. The third kappa shape index (κ3) is 6.21. The summed E-state index contributed by atoms with van der Waals surface area (Å²) in [4.78, 5) is 13.1. The van der Waals surface area contributed by atoms with E-state index >= 15 is 0 Å². The zero-order chi connectivity index (χ0) is 24.6. The Bertz CT molecular complexity index is 1060. The van der Waals surface area contributed by atoms with E-state index in [0.29, 0.717) is 36.6 Å². The molecule has 1 saturated heterocycles. The first-order chi connectivity index (χ1) is 16.4. The van der Waals surface area contributed by atoms with Gasteiger partial charge in [0, 0.05) is 18.3 Å². The Hall–Kier alpha value is -2.78. The van der Waals surface area contributed by atoms with Gasteiger partial charge in [-0.1, -0.05) is 26.2 Å². The standard InChI is InChI=1S/C25H34N2O6S/c1-4-5-6-7-17-33-20-12-10-19(11-13-20)26-25(28)22-9-8-16-27(22)34(29,30)21-14-15-23(31-2)24(18-21)32-3/h10-15,18,22H,4-9,16-17H2,1-3H3,(H,26,28). The number of methoxy groups -OCH3 is 2. The van der Waals surface area contributed by atoms with Gasteiger partial charge in [-0.25, -0.2) is 8.42 Å². The maximum Gasteiger partial charge on any atom is 0.243 e. The van der Waals surface area contributed by atoms with Gasteiger partial charge in [-0.3, -0.25) is 4.79 Å². The van der Waals surface area contributed by atoms with Crippen molar-refractivity contribution < 1.29 is 27.4 Å². The number of hydrogen-bond donors (Lipinski definition) is 1. The average molecular weight is 491 g/mol. The number of rotatable bonds is 12. The number of hydrogen-bond acceptors (Lipinski definition) is 6. The predicted octanol–water partition coefficient (Wildman–Crippen LogP) is 4.45. The van der Waals surface area contributed by atoms with Crippen LogP contribution in [-0.2, 0) is 14.8 Å². The molecule has 8 nitrogen and oxygen atoms in total. The molecule has 2 aromatic carbocycles. The van der Waals surface area contributed by atoms with E-state index in [1.807, 2.05) is 12.1 Å². The highest BCUT2D eigenvalue weighted by Gasteiger charge is 2.39. The number of carbonyl (C=O) groups is 1. The molecular formula is C25H34N2O6S. The van der Waals surface area contributed by atoms with E-state index < -0.39 is 16.1 Å². The lowest BCUT2D eigenvalue weighted by Gasteiger charge is -2.24. The maximum atomic E-state index is 13.3. The van der Waals surface area contributed by atoms with Crippen LogP contribution >= 0.6 is 0 Å². The third-order valence-electron chi connectivity index (χ3n) is 5.86. The molecule has 34 heavy (non-hydrogen) atoms. The van der Waals surface area contributed by atoms with E-state index in [2.05, 4.69) is 12.2 Å². The molecule has 1 atom stereocenters. The topological polar surface area (TPSA) is 94.2 Å². The summed E-state index contributed by atoms with van der Waals surface area (Å²) in [6.07, 6.45) is 5.61. The molecule has 0 aromatic heterocycles. The Kier molecular flexibility index (Phi) is 9.18. The number of sulfonamides is 1. The number of ether oxygens (including phenoxy) is 3. The number of nitrogens with one attached hydrogen (secondary N) is 1. The Balaban J connectivity index is 1.65. The zero-order valence-corrected chi connectivity index (χ0v) is 20.9. The van der Waals surface area contributed by atoms with E-state index in [4.69, 9.17) is 14.2 Å². The van der Waals surface area contributed by atoms with Gasteiger partial charge < -0.3 is 19.5 Å². The highest BCUT2D eigenvalue weighted by molar-refractivity contribution is 7.89. The van der Waals surface area contributed by atoms with Gasteiger partial charge in [0.25, 0.3) is 0 Å². The summed E-state index contributed by atoms with van der Waals surface area (Å²) in [6.45, 7) is 3.11. The molecule has 1 aliphatic heterocycles. The minimum absolute atomic E-state index is 0.0605. The fraction of sp³-hybridized carbons (Fsp3) is 0.480. The van der Waals surface area contributed by atoms with Crippen LogP contribution in [0, 0.1) is 0 Å². The van der Waals surface area contributed by atoms with Crippen LogP contribution in [0.3, 0.4) is 0 Å². The van der Waals surface area contributed by atoms with Gasteiger partial charge in [0.2, 0.25) is 15.9 Å². The quantitative estimate of drug-likeness (QED) is 0.442. The van der Waals surface area contributed by atoms with E-state index in [1.165, 1.54) is 43.5 Å². The smallest absolute Gasteiger partial charge is 0.243 e. The molecule has 1 fully saturated rings. The third-order valence-corrected chi connectivity index (χ3v) is 7.76. The molecular weight excluding hydrogens is 456 g/mol. The molecule has 1 heterocycles. The molecule has 1 amide bonds. The van der Waals surface area contributed by atoms with E-state index in [0.717, 1.165) is 18.6 Å². The lowest BCUT2D eigenvalue weighted by atomic mass is 10.2. The molecule has 0 saturated carbocycles. The fourth-order valence-electron chi connectivity index (χ4n) is 3.98. The average Bonchev–Trinajstić information content (AvgIpc) is 3.36. The van der Waals surface area contributed by atoms with Crippen molar-refractivity contribution in [3.63, 3.8) is 0 Å². The molecule has 186 valence electrons. The van der Waals surface area contributed by atoms with Crippen LogP contribution in [0.1, 0.15) is 45.4 Å². The second-order valence-electron chi connectivity index (χ2n) is 8.21. The Morgan fingerprint density at radius 3 is 2.44 bits per heavy atom. The van der Waals surface area contributed by atoms with Gasteiger partial charge in [-0.05, 0) is 55.7 Å². The van der Waals surface area contributed by atoms with Crippen molar-refractivity contribution in [2.45, 2.75) is 56.4 Å². The number of nitrogens with zero attached hydrogens (tertiary/aromatic N) is 1. The number of carbonyl (C=O) groups excluding carboxylic acids is 1. The Morgan fingerprint density at radius 2 is 1.76 bits per heavy atom. The molecule has 3 rings (SSSR count). The Labute approximate surface area is 202 Å². The van der Waals surface area contributed by atoms with Crippen molar-refractivity contribution in [1.82, 2.24) is 4.31 Å². The molecule has 1 unspecified atom stereocenters. The molecule has 1 N–H and O–H groups in total. The second kappa shape index (κ2) is 12.1. The van der Waals surface area contributed by atoms with Crippen LogP contribution in [-0.4, -0.2) is 52.0 Å². The van der Waals surface area contributed by atoms with Crippen molar-refractivity contribution in [1.29, 1.82) is 0 Å². The summed E-state index contributed by atoms with van der Waals surface area (Å²) in [5.41, 5.74) is 0.596. The molecule has 2 aromatic rings. The monoisotopic (exact) mass is 490 g/mol. The minimum Gasteiger partial charge on any atom is -0.494 e. The molecule has 0 bridgehead atoms. The van der Waals surface area contributed by atoms with Crippen LogP contribution < -0.4 is 19.5 Å². The summed E-state index contributed by atoms with van der Waals surface area (Å²) in [5, 5.41) is 2.84. The zero-order valence-electron chi connectivity index (χ0n) is 20.1. The lowest BCUT2D eigenvalue weighted by molar-refractivity contribution is -0.119. The van der Waals surface area contributed by atoms with Crippen LogP contribution in [0.25, 0.3) is 0 Å². The summed E-state index contributed by atoms with van der Waals surface area (Å²) in [6, 6.07) is 10.8. The summed E-state index contributed by atoms with van der Waals surface area (Å²) < 4.78 is 44.1. The van der Waals surface area contributed by atoms with Crippen molar-refractivity contribution >= 4 is 21.6 Å². The van der Waals surface area contributed by atoms with Crippen molar-refractivity contribution in [3.8, 4) is 17.2 Å². The van der Waals surface area contributed by atoms with Gasteiger partial charge in [0.05, 0.1) is 25.7 Å². The molecule has 0 aliphatic carbocycles. The SMILES string of the molecule is CCCCCCOc1ccc(NC(=O)C2CCCN2S(=O)(=O)c2ccc(OC)c(OC)c2)cc1. The van der Waals surface area contributed by atoms with Crippen molar-refractivity contribution in [2.75, 3.05) is 32.7 Å². The molecule has 0 spiro atoms. The summed E-state index contributed by atoms with van der Waals surface area (Å²) >= 11 is 0. The maximum absolute atomic E-state index is 13.3. The number of benzene rings is 2. The highest BCUT2D eigenvalue weighted by Crippen LogP contribution is 2.33. The second-order valence-corrected chi connectivity index (χ2v) is 10.1. The summed E-state index contributed by atoms with van der Waals surface area (Å²) in [7, 11) is -0.957. The van der Waals surface area contributed by atoms with E-state index in [-0.39, 0.29) is 17.3 Å². The minimum atomic E-state index is -3.89. The first-order valence-corrected chi connectivity index (χ1v) is 13.1. The van der Waals surface area contributed by atoms with Gasteiger partial charge in [0.15, 0.2) is 11.5 Å². The van der Waals surface area contributed by atoms with Crippen LogP contribution in [0.4, 0.5) is 5.69 Å². The number of anilines is 1. The van der Waals surface area contributed by atoms with E-state index in [9.17, 15) is 13.2 Å². The van der Waals surface area contributed by atoms with Crippen LogP contribution in [0.5, 0.6) is 17.2 Å². The summed E-state index contributed by atoms with van der Waals surface area (Å²) in [5.74, 6) is 1.14. The molecule has 9 heteroatoms. The van der Waals surface area contributed by atoms with Gasteiger partial charge >= 0.3 is 0 Å². The van der Waals surface area contributed by atoms with Crippen LogP contribution in [0.2, 0.25) is 0 Å². The molecule has 1 aliphatic rings. The first kappa shape index (κ1) is 25.8. The van der Waals surface area contributed by atoms with Crippen molar-refractivity contribution in [3.05, 3.63) is 42.5 Å². The molecule has 0 radical (unpaired) electrons. The predicted molar refractivity (Wildman–Crippen MR) is 131 cm³/mol. The van der Waals surface area contributed by atoms with Gasteiger partial charge in [0.1, 0.15) is 11.8 Å². The van der Waals surface area contributed by atoms with Crippen LogP contribution in [0.15, 0.2) is 47.4 Å². The van der Waals surface area contributed by atoms with Crippen molar-refractivity contribution in [2.24, 2.45) is 0 Å². The first-order valence-electron chi connectivity index (χ1n) is 11.7. The highest BCUT2D eigenvalue weighted by atomic mass is 32.2. The van der Waals surface area contributed by atoms with Gasteiger partial charge in [-0.15, -0.1) is 0 Å². The van der Waals surface area contributed by atoms with E-state index in [1.54, 1.807) is 18.2 Å². The normalized spacial score (nSPS) is 16.3. The number of unbranched alkanes of at least 4 members (excludes halogenated alkanes) is 3. The number of amides is 1.